The first kappa shape index (κ1) is 19.3. The summed E-state index contributed by atoms with van der Waals surface area (Å²) in [5.74, 6) is -3.77. The van der Waals surface area contributed by atoms with Gasteiger partial charge in [-0.05, 0) is 30.7 Å². The number of esters is 1. The van der Waals surface area contributed by atoms with Crippen LogP contribution >= 0.6 is 0 Å². The Morgan fingerprint density at radius 3 is 2.50 bits per heavy atom. The Hall–Kier alpha value is -3.48. The fourth-order valence-electron chi connectivity index (χ4n) is 3.25. The molecule has 1 atom stereocenters. The summed E-state index contributed by atoms with van der Waals surface area (Å²) < 4.78 is 18.9. The van der Waals surface area contributed by atoms with Gasteiger partial charge in [-0.25, -0.2) is 9.18 Å². The number of halogens is 1. The number of benzene rings is 2. The molecule has 3 rings (SSSR count). The third-order valence-corrected chi connectivity index (χ3v) is 4.59. The minimum Gasteiger partial charge on any atom is -0.463 e. The second-order valence-electron chi connectivity index (χ2n) is 6.28. The molecule has 1 aliphatic heterocycles. The number of carbonyl (C=O) groups is 3. The lowest BCUT2D eigenvalue weighted by Gasteiger charge is -2.17. The van der Waals surface area contributed by atoms with Crippen molar-refractivity contribution in [2.75, 3.05) is 18.6 Å². The number of anilines is 1. The minimum absolute atomic E-state index is 0.0297. The normalized spacial score (nSPS) is 16.5. The van der Waals surface area contributed by atoms with Crippen LogP contribution in [0.3, 0.4) is 0 Å². The molecule has 2 N–H and O–H groups in total. The van der Waals surface area contributed by atoms with Gasteiger partial charge < -0.3 is 15.4 Å². The lowest BCUT2D eigenvalue weighted by molar-refractivity contribution is -0.139. The molecule has 0 fully saturated rings. The number of fused-ring (bicyclic) bond motifs is 1. The third kappa shape index (κ3) is 3.26. The molecule has 7 heteroatoms. The SMILES string of the molecule is CCOC(=O)/C(=C(\N)C(=O)c1ccccc1)C1C(=O)N(C)c2ccc(F)cc21. The summed E-state index contributed by atoms with van der Waals surface area (Å²) in [5.41, 5.74) is 6.37. The second-order valence-corrected chi connectivity index (χ2v) is 6.28. The molecule has 0 aromatic heterocycles. The van der Waals surface area contributed by atoms with Gasteiger partial charge in [0.05, 0.1) is 23.8 Å². The van der Waals surface area contributed by atoms with E-state index in [2.05, 4.69) is 0 Å². The van der Waals surface area contributed by atoms with Crippen LogP contribution in [-0.2, 0) is 14.3 Å². The molecule has 1 amide bonds. The number of ether oxygens (including phenoxy) is 1. The number of nitrogens with two attached hydrogens (primary N) is 1. The first-order chi connectivity index (χ1) is 13.4. The van der Waals surface area contributed by atoms with Crippen LogP contribution in [0.4, 0.5) is 10.1 Å². The molecule has 0 bridgehead atoms. The van der Waals surface area contributed by atoms with E-state index in [9.17, 15) is 18.8 Å². The van der Waals surface area contributed by atoms with Crippen LogP contribution < -0.4 is 10.6 Å². The Morgan fingerprint density at radius 2 is 1.86 bits per heavy atom. The largest absolute Gasteiger partial charge is 0.463 e. The zero-order chi connectivity index (χ0) is 20.4. The Kier molecular flexibility index (Phi) is 5.26. The molecule has 1 unspecified atom stereocenters. The van der Waals surface area contributed by atoms with E-state index in [0.29, 0.717) is 5.69 Å². The quantitative estimate of drug-likeness (QED) is 0.488. The van der Waals surface area contributed by atoms with Crippen LogP contribution in [0.1, 0.15) is 28.8 Å². The molecule has 0 saturated carbocycles. The summed E-state index contributed by atoms with van der Waals surface area (Å²) in [7, 11) is 1.51. The predicted molar refractivity (Wildman–Crippen MR) is 101 cm³/mol. The maximum Gasteiger partial charge on any atom is 0.337 e. The van der Waals surface area contributed by atoms with Crippen molar-refractivity contribution in [2.24, 2.45) is 5.73 Å². The lowest BCUT2D eigenvalue weighted by atomic mass is 9.89. The number of nitrogens with zero attached hydrogens (tertiary/aromatic N) is 1. The van der Waals surface area contributed by atoms with E-state index >= 15 is 0 Å². The molecule has 2 aromatic carbocycles. The van der Waals surface area contributed by atoms with Crippen LogP contribution in [0.15, 0.2) is 59.8 Å². The van der Waals surface area contributed by atoms with Crippen molar-refractivity contribution in [1.82, 2.24) is 0 Å². The third-order valence-electron chi connectivity index (χ3n) is 4.59. The summed E-state index contributed by atoms with van der Waals surface area (Å²) in [4.78, 5) is 39.7. The van der Waals surface area contributed by atoms with Crippen molar-refractivity contribution < 1.29 is 23.5 Å². The molecule has 6 nitrogen and oxygen atoms in total. The Balaban J connectivity index is 2.19. The summed E-state index contributed by atoms with van der Waals surface area (Å²) in [6, 6.07) is 12.0. The topological polar surface area (TPSA) is 89.7 Å². The molecule has 1 heterocycles. The number of rotatable bonds is 5. The highest BCUT2D eigenvalue weighted by Gasteiger charge is 2.43. The molecular weight excluding hydrogens is 363 g/mol. The van der Waals surface area contributed by atoms with E-state index in [1.165, 1.54) is 30.1 Å². The highest BCUT2D eigenvalue weighted by molar-refractivity contribution is 6.17. The van der Waals surface area contributed by atoms with Crippen LogP contribution in [0.2, 0.25) is 0 Å². The molecule has 2 aromatic rings. The summed E-state index contributed by atoms with van der Waals surface area (Å²) in [6.07, 6.45) is 0. The molecule has 28 heavy (non-hydrogen) atoms. The molecule has 144 valence electrons. The number of allylic oxidation sites excluding steroid dienone is 1. The van der Waals surface area contributed by atoms with Crippen LogP contribution in [0, 0.1) is 5.82 Å². The van der Waals surface area contributed by atoms with Gasteiger partial charge in [-0.15, -0.1) is 0 Å². The van der Waals surface area contributed by atoms with Crippen LogP contribution in [-0.4, -0.2) is 31.3 Å². The van der Waals surface area contributed by atoms with Gasteiger partial charge in [0, 0.05) is 18.3 Å². The van der Waals surface area contributed by atoms with Gasteiger partial charge in [0.2, 0.25) is 11.7 Å². The fourth-order valence-corrected chi connectivity index (χ4v) is 3.25. The monoisotopic (exact) mass is 382 g/mol. The number of hydrogen-bond acceptors (Lipinski definition) is 5. The van der Waals surface area contributed by atoms with E-state index in [4.69, 9.17) is 10.5 Å². The maximum atomic E-state index is 13.9. The van der Waals surface area contributed by atoms with Crippen molar-refractivity contribution in [1.29, 1.82) is 0 Å². The summed E-state index contributed by atoms with van der Waals surface area (Å²) in [6.45, 7) is 1.63. The molecule has 0 saturated heterocycles. The number of carbonyl (C=O) groups excluding carboxylic acids is 3. The van der Waals surface area contributed by atoms with Gasteiger partial charge >= 0.3 is 5.97 Å². The first-order valence-corrected chi connectivity index (χ1v) is 8.70. The zero-order valence-electron chi connectivity index (χ0n) is 15.4. The van der Waals surface area contributed by atoms with E-state index in [0.717, 1.165) is 0 Å². The zero-order valence-corrected chi connectivity index (χ0v) is 15.4. The van der Waals surface area contributed by atoms with Gasteiger partial charge in [0.15, 0.2) is 0 Å². The predicted octanol–water partition coefficient (Wildman–Crippen LogP) is 2.54. The van der Waals surface area contributed by atoms with Gasteiger partial charge in [0.1, 0.15) is 5.82 Å². The standard InChI is InChI=1S/C21H19FN2O4/c1-3-28-21(27)17(18(23)19(25)12-7-5-4-6-8-12)16-14-11-13(22)9-10-15(14)24(2)20(16)26/h4-11,16H,3,23H2,1-2H3/b18-17-. The smallest absolute Gasteiger partial charge is 0.337 e. The average Bonchev–Trinajstić information content (AvgIpc) is 2.93. The number of amides is 1. The van der Waals surface area contributed by atoms with Crippen LogP contribution in [0.5, 0.6) is 0 Å². The number of Topliss-reactive ketones (excluding diaryl/α,β-unsaturated/α-hetero) is 1. The van der Waals surface area contributed by atoms with Crippen molar-refractivity contribution >= 4 is 23.3 Å². The van der Waals surface area contributed by atoms with Gasteiger partial charge in [-0.1, -0.05) is 30.3 Å². The highest BCUT2D eigenvalue weighted by Crippen LogP contribution is 2.42. The average molecular weight is 382 g/mol. The van der Waals surface area contributed by atoms with Crippen molar-refractivity contribution in [3.05, 3.63) is 76.7 Å². The molecule has 0 radical (unpaired) electrons. The van der Waals surface area contributed by atoms with Crippen molar-refractivity contribution in [2.45, 2.75) is 12.8 Å². The minimum atomic E-state index is -1.22. The second kappa shape index (κ2) is 7.64. The number of likely N-dealkylation sites (N-methyl/N-ethyl adjacent to an activating group) is 1. The van der Waals surface area contributed by atoms with Crippen LogP contribution in [0.25, 0.3) is 0 Å². The molecule has 0 spiro atoms. The Morgan fingerprint density at radius 1 is 1.18 bits per heavy atom. The number of ketones is 1. The molecule has 0 aliphatic carbocycles. The summed E-state index contributed by atoms with van der Waals surface area (Å²) in [5, 5.41) is 0. The molecule has 1 aliphatic rings. The highest BCUT2D eigenvalue weighted by atomic mass is 19.1. The summed E-state index contributed by atoms with van der Waals surface area (Å²) >= 11 is 0. The van der Waals surface area contributed by atoms with E-state index < -0.39 is 35.1 Å². The fraction of sp³-hybridized carbons (Fsp3) is 0.190. The Bertz CT molecular complexity index is 985. The van der Waals surface area contributed by atoms with Crippen molar-refractivity contribution in [3.63, 3.8) is 0 Å². The van der Waals surface area contributed by atoms with E-state index in [1.807, 2.05) is 0 Å². The lowest BCUT2D eigenvalue weighted by Crippen LogP contribution is -2.31. The van der Waals surface area contributed by atoms with E-state index in [-0.39, 0.29) is 23.3 Å². The van der Waals surface area contributed by atoms with Gasteiger partial charge in [-0.2, -0.15) is 0 Å². The van der Waals surface area contributed by atoms with Gasteiger partial charge in [0.25, 0.3) is 0 Å². The molecular formula is C21H19FN2O4. The Labute approximate surface area is 161 Å². The first-order valence-electron chi connectivity index (χ1n) is 8.70. The van der Waals surface area contributed by atoms with Gasteiger partial charge in [-0.3, -0.25) is 9.59 Å². The maximum absolute atomic E-state index is 13.9. The van der Waals surface area contributed by atoms with Crippen molar-refractivity contribution in [3.8, 4) is 0 Å². The van der Waals surface area contributed by atoms with E-state index in [1.54, 1.807) is 37.3 Å². The number of hydrogen-bond donors (Lipinski definition) is 1.